The number of nitrogens with one attached hydrogen (secondary N) is 1. The second-order valence-corrected chi connectivity index (χ2v) is 6.49. The molecule has 0 aliphatic carbocycles. The van der Waals surface area contributed by atoms with Crippen LogP contribution in [0.1, 0.15) is 28.4 Å². The Morgan fingerprint density at radius 2 is 1.52 bits per heavy atom. The molecule has 3 aromatic carbocycles. The van der Waals surface area contributed by atoms with Gasteiger partial charge in [-0.2, -0.15) is 0 Å². The lowest BCUT2D eigenvalue weighted by Gasteiger charge is -2.16. The van der Waals surface area contributed by atoms with Crippen molar-refractivity contribution in [2.75, 3.05) is 19.5 Å². The van der Waals surface area contributed by atoms with Gasteiger partial charge in [0.2, 0.25) is 5.75 Å². The van der Waals surface area contributed by atoms with E-state index in [1.54, 1.807) is 12.1 Å². The number of anilines is 1. The van der Waals surface area contributed by atoms with Crippen molar-refractivity contribution in [3.63, 3.8) is 0 Å². The van der Waals surface area contributed by atoms with E-state index in [4.69, 9.17) is 14.2 Å². The number of rotatable bonds is 8. The Labute approximate surface area is 171 Å². The van der Waals surface area contributed by atoms with Gasteiger partial charge in [-0.3, -0.25) is 4.79 Å². The van der Waals surface area contributed by atoms with Gasteiger partial charge in [-0.1, -0.05) is 49.4 Å². The lowest BCUT2D eigenvalue weighted by molar-refractivity contribution is 0.102. The van der Waals surface area contributed by atoms with Crippen molar-refractivity contribution in [1.29, 1.82) is 0 Å². The molecule has 0 spiro atoms. The summed E-state index contributed by atoms with van der Waals surface area (Å²) in [4.78, 5) is 12.8. The van der Waals surface area contributed by atoms with Gasteiger partial charge in [0.25, 0.3) is 5.91 Å². The monoisotopic (exact) mass is 391 g/mol. The highest BCUT2D eigenvalue weighted by Crippen LogP contribution is 2.39. The van der Waals surface area contributed by atoms with Crippen LogP contribution in [0.15, 0.2) is 66.7 Å². The molecule has 5 nitrogen and oxygen atoms in total. The number of carbonyl (C=O) groups is 1. The van der Waals surface area contributed by atoms with Gasteiger partial charge in [0.15, 0.2) is 11.5 Å². The van der Waals surface area contributed by atoms with Gasteiger partial charge < -0.3 is 19.5 Å². The number of ether oxygens (including phenoxy) is 3. The molecular formula is C24H25NO4. The summed E-state index contributed by atoms with van der Waals surface area (Å²) in [6.45, 7) is 2.44. The summed E-state index contributed by atoms with van der Waals surface area (Å²) in [5.41, 5.74) is 3.35. The number of methoxy groups -OCH3 is 2. The summed E-state index contributed by atoms with van der Waals surface area (Å²) in [7, 11) is 3.08. The molecule has 0 unspecified atom stereocenters. The van der Waals surface area contributed by atoms with Gasteiger partial charge in [0.05, 0.1) is 14.2 Å². The Balaban J connectivity index is 1.83. The molecule has 1 N–H and O–H groups in total. The molecule has 0 aliphatic rings. The van der Waals surface area contributed by atoms with E-state index in [-0.39, 0.29) is 5.91 Å². The maximum absolute atomic E-state index is 12.8. The van der Waals surface area contributed by atoms with Crippen LogP contribution in [0.3, 0.4) is 0 Å². The second kappa shape index (κ2) is 9.64. The lowest BCUT2D eigenvalue weighted by Crippen LogP contribution is -2.13. The average molecular weight is 391 g/mol. The summed E-state index contributed by atoms with van der Waals surface area (Å²) in [5.74, 6) is 1.09. The van der Waals surface area contributed by atoms with Crippen LogP contribution in [-0.4, -0.2) is 20.1 Å². The molecule has 1 amide bonds. The van der Waals surface area contributed by atoms with Crippen molar-refractivity contribution >= 4 is 11.6 Å². The van der Waals surface area contributed by atoms with Crippen molar-refractivity contribution in [2.24, 2.45) is 0 Å². The molecular weight excluding hydrogens is 366 g/mol. The molecule has 0 aromatic heterocycles. The summed E-state index contributed by atoms with van der Waals surface area (Å²) in [5, 5.41) is 2.92. The third-order valence-corrected chi connectivity index (χ3v) is 4.54. The van der Waals surface area contributed by atoms with E-state index >= 15 is 0 Å². The molecule has 29 heavy (non-hydrogen) atoms. The topological polar surface area (TPSA) is 56.8 Å². The zero-order chi connectivity index (χ0) is 20.6. The van der Waals surface area contributed by atoms with Crippen molar-refractivity contribution in [3.05, 3.63) is 83.4 Å². The second-order valence-electron chi connectivity index (χ2n) is 6.49. The quantitative estimate of drug-likeness (QED) is 0.581. The van der Waals surface area contributed by atoms with Crippen LogP contribution in [0.25, 0.3) is 0 Å². The van der Waals surface area contributed by atoms with Gasteiger partial charge >= 0.3 is 0 Å². The van der Waals surface area contributed by atoms with E-state index in [1.165, 1.54) is 14.2 Å². The summed E-state index contributed by atoms with van der Waals surface area (Å²) >= 11 is 0. The Morgan fingerprint density at radius 1 is 0.862 bits per heavy atom. The minimum Gasteiger partial charge on any atom is -0.493 e. The molecule has 0 bridgehead atoms. The molecule has 3 rings (SSSR count). The van der Waals surface area contributed by atoms with E-state index < -0.39 is 0 Å². The van der Waals surface area contributed by atoms with Gasteiger partial charge in [-0.05, 0) is 41.8 Å². The Kier molecular flexibility index (Phi) is 6.74. The maximum Gasteiger partial charge on any atom is 0.255 e. The van der Waals surface area contributed by atoms with Gasteiger partial charge in [0, 0.05) is 11.3 Å². The van der Waals surface area contributed by atoms with Crippen molar-refractivity contribution in [2.45, 2.75) is 20.0 Å². The van der Waals surface area contributed by atoms with Crippen LogP contribution in [0.5, 0.6) is 17.2 Å². The van der Waals surface area contributed by atoms with Crippen LogP contribution in [0.2, 0.25) is 0 Å². The predicted molar refractivity (Wildman–Crippen MR) is 114 cm³/mol. The molecule has 3 aromatic rings. The lowest BCUT2D eigenvalue weighted by atomic mass is 10.1. The minimum atomic E-state index is -0.246. The SMILES string of the molecule is CCc1cccc(NC(=O)c2cc(OC)c(OCc3ccccc3)c(OC)c2)c1. The highest BCUT2D eigenvalue weighted by atomic mass is 16.5. The number of benzene rings is 3. The largest absolute Gasteiger partial charge is 0.493 e. The molecule has 0 saturated carbocycles. The fourth-order valence-electron chi connectivity index (χ4n) is 2.96. The standard InChI is InChI=1S/C24H25NO4/c1-4-17-11-8-12-20(13-17)25-24(26)19-14-21(27-2)23(22(15-19)28-3)29-16-18-9-6-5-7-10-18/h5-15H,4,16H2,1-3H3,(H,25,26). The highest BCUT2D eigenvalue weighted by Gasteiger charge is 2.18. The van der Waals surface area contributed by atoms with E-state index in [0.29, 0.717) is 29.4 Å². The fraction of sp³-hybridized carbons (Fsp3) is 0.208. The van der Waals surface area contributed by atoms with Gasteiger partial charge in [-0.15, -0.1) is 0 Å². The van der Waals surface area contributed by atoms with Gasteiger partial charge in [-0.25, -0.2) is 0 Å². The first-order valence-corrected chi connectivity index (χ1v) is 9.47. The Bertz CT molecular complexity index is 945. The smallest absolute Gasteiger partial charge is 0.255 e. The predicted octanol–water partition coefficient (Wildman–Crippen LogP) is 5.10. The van der Waals surface area contributed by atoms with Crippen LogP contribution < -0.4 is 19.5 Å². The number of hydrogen-bond acceptors (Lipinski definition) is 4. The first-order valence-electron chi connectivity index (χ1n) is 9.47. The van der Waals surface area contributed by atoms with E-state index in [9.17, 15) is 4.79 Å². The summed E-state index contributed by atoms with van der Waals surface area (Å²) < 4.78 is 16.9. The van der Waals surface area contributed by atoms with Gasteiger partial charge in [0.1, 0.15) is 6.61 Å². The molecule has 0 saturated heterocycles. The highest BCUT2D eigenvalue weighted by molar-refractivity contribution is 6.05. The van der Waals surface area contributed by atoms with Crippen molar-refractivity contribution in [3.8, 4) is 17.2 Å². The zero-order valence-corrected chi connectivity index (χ0v) is 16.9. The Morgan fingerprint density at radius 3 is 2.14 bits per heavy atom. The third-order valence-electron chi connectivity index (χ3n) is 4.54. The van der Waals surface area contributed by atoms with Crippen LogP contribution in [0.4, 0.5) is 5.69 Å². The first-order chi connectivity index (χ1) is 14.1. The molecule has 0 heterocycles. The van der Waals surface area contributed by atoms with Crippen molar-refractivity contribution in [1.82, 2.24) is 0 Å². The number of hydrogen-bond donors (Lipinski definition) is 1. The molecule has 5 heteroatoms. The molecule has 0 atom stereocenters. The molecule has 0 radical (unpaired) electrons. The first kappa shape index (κ1) is 20.3. The average Bonchev–Trinajstić information content (AvgIpc) is 2.77. The molecule has 0 fully saturated rings. The maximum atomic E-state index is 12.8. The van der Waals surface area contributed by atoms with E-state index in [1.807, 2.05) is 54.6 Å². The number of amides is 1. The number of aryl methyl sites for hydroxylation is 1. The zero-order valence-electron chi connectivity index (χ0n) is 16.9. The normalized spacial score (nSPS) is 10.3. The van der Waals surface area contributed by atoms with Crippen LogP contribution in [-0.2, 0) is 13.0 Å². The fourth-order valence-corrected chi connectivity index (χ4v) is 2.96. The molecule has 150 valence electrons. The van der Waals surface area contributed by atoms with E-state index in [2.05, 4.69) is 12.2 Å². The summed E-state index contributed by atoms with van der Waals surface area (Å²) in [6, 6.07) is 20.9. The molecule has 0 aliphatic heterocycles. The van der Waals surface area contributed by atoms with E-state index in [0.717, 1.165) is 23.2 Å². The van der Waals surface area contributed by atoms with Crippen LogP contribution in [0, 0.1) is 0 Å². The summed E-state index contributed by atoms with van der Waals surface area (Å²) in [6.07, 6.45) is 0.902. The number of carbonyl (C=O) groups excluding carboxylic acids is 1. The van der Waals surface area contributed by atoms with Crippen molar-refractivity contribution < 1.29 is 19.0 Å². The third kappa shape index (κ3) is 5.08. The minimum absolute atomic E-state index is 0.246. The van der Waals surface area contributed by atoms with Crippen LogP contribution >= 0.6 is 0 Å². The Hall–Kier alpha value is -3.47.